The number of aromatic nitrogens is 1. The van der Waals surface area contributed by atoms with Crippen LogP contribution in [-0.4, -0.2) is 4.98 Å². The molecule has 0 amide bonds. The number of nitrogens with zero attached hydrogens (tertiary/aromatic N) is 1. The highest BCUT2D eigenvalue weighted by atomic mass is 16.3. The van der Waals surface area contributed by atoms with E-state index in [4.69, 9.17) is 10.3 Å². The summed E-state index contributed by atoms with van der Waals surface area (Å²) < 4.78 is 5.97. The van der Waals surface area contributed by atoms with Gasteiger partial charge in [-0.05, 0) is 42.7 Å². The summed E-state index contributed by atoms with van der Waals surface area (Å²) in [5, 5.41) is 1.11. The number of furan rings is 1. The fourth-order valence-electron chi connectivity index (χ4n) is 2.40. The number of fused-ring (bicyclic) bond motifs is 1. The molecule has 0 saturated carbocycles. The number of nitrogens with one attached hydrogen (secondary N) is 1. The first-order chi connectivity index (χ1) is 9.78. The van der Waals surface area contributed by atoms with Gasteiger partial charge in [-0.3, -0.25) is 10.8 Å². The molecule has 0 bridgehead atoms. The minimum atomic E-state index is -0.0517. The lowest BCUT2D eigenvalue weighted by atomic mass is 10.1. The van der Waals surface area contributed by atoms with Crippen LogP contribution < -0.4 is 11.3 Å². The van der Waals surface area contributed by atoms with Crippen molar-refractivity contribution in [3.63, 3.8) is 0 Å². The lowest BCUT2D eigenvalue weighted by molar-refractivity contribution is 0.434. The molecule has 102 valence electrons. The van der Waals surface area contributed by atoms with E-state index in [0.717, 1.165) is 28.7 Å². The van der Waals surface area contributed by atoms with Crippen LogP contribution in [0.1, 0.15) is 22.9 Å². The minimum Gasteiger partial charge on any atom is -0.459 e. The Balaban J connectivity index is 1.93. The predicted molar refractivity (Wildman–Crippen MR) is 79.0 cm³/mol. The fourth-order valence-corrected chi connectivity index (χ4v) is 2.40. The van der Waals surface area contributed by atoms with E-state index >= 15 is 0 Å². The quantitative estimate of drug-likeness (QED) is 0.563. The first-order valence-electron chi connectivity index (χ1n) is 6.62. The van der Waals surface area contributed by atoms with Crippen LogP contribution >= 0.6 is 0 Å². The number of nitrogens with two attached hydrogens (primary N) is 1. The third kappa shape index (κ3) is 2.43. The van der Waals surface area contributed by atoms with Crippen LogP contribution in [0.4, 0.5) is 0 Å². The minimum absolute atomic E-state index is 0.0517. The van der Waals surface area contributed by atoms with Gasteiger partial charge in [0.25, 0.3) is 0 Å². The lowest BCUT2D eigenvalue weighted by Gasteiger charge is -2.12. The molecule has 0 aliphatic heterocycles. The van der Waals surface area contributed by atoms with Crippen LogP contribution in [0.3, 0.4) is 0 Å². The Morgan fingerprint density at radius 1 is 1.25 bits per heavy atom. The van der Waals surface area contributed by atoms with Crippen LogP contribution in [0.15, 0.2) is 53.2 Å². The van der Waals surface area contributed by atoms with Gasteiger partial charge in [-0.1, -0.05) is 18.2 Å². The average molecular weight is 267 g/mol. The van der Waals surface area contributed by atoms with E-state index in [1.54, 1.807) is 12.4 Å². The van der Waals surface area contributed by atoms with Crippen LogP contribution in [0, 0.1) is 6.92 Å². The zero-order valence-corrected chi connectivity index (χ0v) is 11.3. The first kappa shape index (κ1) is 12.8. The molecular formula is C16H17N3O. The van der Waals surface area contributed by atoms with Crippen molar-refractivity contribution in [1.82, 2.24) is 10.4 Å². The molecule has 20 heavy (non-hydrogen) atoms. The summed E-state index contributed by atoms with van der Waals surface area (Å²) >= 11 is 0. The van der Waals surface area contributed by atoms with E-state index in [1.807, 2.05) is 37.3 Å². The molecule has 2 aromatic heterocycles. The van der Waals surface area contributed by atoms with E-state index in [1.165, 1.54) is 5.56 Å². The van der Waals surface area contributed by atoms with E-state index in [9.17, 15) is 0 Å². The molecule has 3 N–H and O–H groups in total. The molecule has 0 saturated heterocycles. The average Bonchev–Trinajstić information content (AvgIpc) is 2.91. The van der Waals surface area contributed by atoms with Crippen molar-refractivity contribution in [1.29, 1.82) is 0 Å². The van der Waals surface area contributed by atoms with Crippen LogP contribution in [0.2, 0.25) is 0 Å². The number of pyridine rings is 1. The highest BCUT2D eigenvalue weighted by Crippen LogP contribution is 2.27. The first-order valence-corrected chi connectivity index (χ1v) is 6.62. The highest BCUT2D eigenvalue weighted by molar-refractivity contribution is 5.81. The Kier molecular flexibility index (Phi) is 3.50. The second kappa shape index (κ2) is 5.45. The molecule has 0 aliphatic carbocycles. The fraction of sp³-hybridized carbons (Fsp3) is 0.188. The molecule has 1 unspecified atom stereocenters. The summed E-state index contributed by atoms with van der Waals surface area (Å²) in [7, 11) is 0. The highest BCUT2D eigenvalue weighted by Gasteiger charge is 2.16. The van der Waals surface area contributed by atoms with Gasteiger partial charge in [-0.15, -0.1) is 0 Å². The number of hydrogen-bond donors (Lipinski definition) is 2. The van der Waals surface area contributed by atoms with Gasteiger partial charge >= 0.3 is 0 Å². The molecule has 0 fully saturated rings. The maximum absolute atomic E-state index is 5.97. The van der Waals surface area contributed by atoms with Crippen LogP contribution in [0.25, 0.3) is 11.0 Å². The number of rotatable bonds is 4. The Bertz CT molecular complexity index is 706. The topological polar surface area (TPSA) is 64.1 Å². The Hall–Kier alpha value is -2.17. The van der Waals surface area contributed by atoms with E-state index in [-0.39, 0.29) is 6.04 Å². The standard InChI is InChI=1S/C16H17N3O/c1-11-3-2-4-13-10-15(20-16(11)13)14(19-17)9-12-5-7-18-8-6-12/h2-8,10,14,19H,9,17H2,1H3. The Morgan fingerprint density at radius 2 is 2.05 bits per heavy atom. The van der Waals surface area contributed by atoms with Gasteiger partial charge in [0.2, 0.25) is 0 Å². The molecule has 0 radical (unpaired) electrons. The second-order valence-corrected chi connectivity index (χ2v) is 4.92. The van der Waals surface area contributed by atoms with Gasteiger partial charge in [-0.2, -0.15) is 0 Å². The van der Waals surface area contributed by atoms with E-state index in [0.29, 0.717) is 0 Å². The molecule has 1 atom stereocenters. The molecule has 2 heterocycles. The molecule has 4 nitrogen and oxygen atoms in total. The maximum atomic E-state index is 5.97. The van der Waals surface area contributed by atoms with Gasteiger partial charge in [-0.25, -0.2) is 5.43 Å². The SMILES string of the molecule is Cc1cccc2cc(C(Cc3ccncc3)NN)oc12. The molecule has 3 rings (SSSR count). The zero-order valence-electron chi connectivity index (χ0n) is 11.3. The van der Waals surface area contributed by atoms with Gasteiger partial charge in [0.15, 0.2) is 0 Å². The number of hydrogen-bond acceptors (Lipinski definition) is 4. The van der Waals surface area contributed by atoms with Crippen molar-refractivity contribution in [3.8, 4) is 0 Å². The number of aryl methyl sites for hydroxylation is 1. The largest absolute Gasteiger partial charge is 0.459 e. The third-order valence-electron chi connectivity index (χ3n) is 3.49. The van der Waals surface area contributed by atoms with Crippen molar-refractivity contribution < 1.29 is 4.42 Å². The summed E-state index contributed by atoms with van der Waals surface area (Å²) in [4.78, 5) is 4.02. The van der Waals surface area contributed by atoms with Crippen LogP contribution in [0.5, 0.6) is 0 Å². The monoisotopic (exact) mass is 267 g/mol. The van der Waals surface area contributed by atoms with Gasteiger partial charge in [0.1, 0.15) is 11.3 Å². The smallest absolute Gasteiger partial charge is 0.137 e. The number of para-hydroxylation sites is 1. The van der Waals surface area contributed by atoms with Gasteiger partial charge < -0.3 is 4.42 Å². The molecule has 3 aromatic rings. The van der Waals surface area contributed by atoms with Gasteiger partial charge in [0, 0.05) is 17.8 Å². The molecule has 0 aliphatic rings. The zero-order chi connectivity index (χ0) is 13.9. The maximum Gasteiger partial charge on any atom is 0.137 e. The molecular weight excluding hydrogens is 250 g/mol. The van der Waals surface area contributed by atoms with Crippen molar-refractivity contribution in [3.05, 3.63) is 65.7 Å². The predicted octanol–water partition coefficient (Wildman–Crippen LogP) is 2.88. The normalized spacial score (nSPS) is 12.7. The van der Waals surface area contributed by atoms with Crippen molar-refractivity contribution in [2.24, 2.45) is 5.84 Å². The molecule has 0 spiro atoms. The molecule has 1 aromatic carbocycles. The van der Waals surface area contributed by atoms with E-state index < -0.39 is 0 Å². The summed E-state index contributed by atoms with van der Waals surface area (Å²) in [6, 6.07) is 12.1. The van der Waals surface area contributed by atoms with Crippen molar-refractivity contribution >= 4 is 11.0 Å². The second-order valence-electron chi connectivity index (χ2n) is 4.92. The van der Waals surface area contributed by atoms with Gasteiger partial charge in [0.05, 0.1) is 6.04 Å². The third-order valence-corrected chi connectivity index (χ3v) is 3.49. The number of hydrazine groups is 1. The summed E-state index contributed by atoms with van der Waals surface area (Å²) in [6.45, 7) is 2.04. The van der Waals surface area contributed by atoms with Crippen LogP contribution in [-0.2, 0) is 6.42 Å². The van der Waals surface area contributed by atoms with Crippen molar-refractivity contribution in [2.75, 3.05) is 0 Å². The number of benzene rings is 1. The van der Waals surface area contributed by atoms with Crippen molar-refractivity contribution in [2.45, 2.75) is 19.4 Å². The Morgan fingerprint density at radius 3 is 2.75 bits per heavy atom. The summed E-state index contributed by atoms with van der Waals surface area (Å²) in [5.41, 5.74) is 6.06. The molecule has 4 heteroatoms. The van der Waals surface area contributed by atoms with E-state index in [2.05, 4.69) is 16.5 Å². The Labute approximate surface area is 117 Å². The summed E-state index contributed by atoms with van der Waals surface area (Å²) in [5.74, 6) is 6.54. The lowest BCUT2D eigenvalue weighted by Crippen LogP contribution is -2.29. The summed E-state index contributed by atoms with van der Waals surface area (Å²) in [6.07, 6.45) is 4.33.